The van der Waals surface area contributed by atoms with Gasteiger partial charge in [0.1, 0.15) is 23.9 Å². The van der Waals surface area contributed by atoms with Crippen LogP contribution in [0.4, 0.5) is 30.7 Å². The molecule has 2 amide bonds. The van der Waals surface area contributed by atoms with Gasteiger partial charge in [0.05, 0.1) is 30.9 Å². The number of alkyl halides is 6. The number of furan rings is 1. The van der Waals surface area contributed by atoms with Gasteiger partial charge in [-0.1, -0.05) is 12.1 Å². The van der Waals surface area contributed by atoms with E-state index in [1.165, 1.54) is 29.2 Å². The van der Waals surface area contributed by atoms with Crippen molar-refractivity contribution in [3.63, 3.8) is 0 Å². The summed E-state index contributed by atoms with van der Waals surface area (Å²) < 4.78 is 106. The topological polar surface area (TPSA) is 66.2 Å². The highest BCUT2D eigenvalue weighted by atomic mass is 19.4. The second-order valence-electron chi connectivity index (χ2n) is 10.4. The zero-order chi connectivity index (χ0) is 32.1. The van der Waals surface area contributed by atoms with Crippen LogP contribution < -0.4 is 0 Å². The highest BCUT2D eigenvalue weighted by Gasteiger charge is 2.38. The van der Waals surface area contributed by atoms with Crippen LogP contribution in [-0.4, -0.2) is 72.5 Å². The maximum Gasteiger partial charge on any atom is 0.416 e. The number of ether oxygens (including phenoxy) is 1. The summed E-state index contributed by atoms with van der Waals surface area (Å²) in [5.74, 6) is -1.34. The first-order valence-electron chi connectivity index (χ1n) is 13.7. The van der Waals surface area contributed by atoms with Gasteiger partial charge in [-0.3, -0.25) is 14.5 Å². The zero-order valence-electron chi connectivity index (χ0n) is 23.7. The third-order valence-electron chi connectivity index (χ3n) is 7.02. The predicted octanol–water partition coefficient (Wildman–Crippen LogP) is 5.77. The average Bonchev–Trinajstić information content (AvgIpc) is 3.39. The predicted molar refractivity (Wildman–Crippen MR) is 144 cm³/mol. The molecule has 4 rings (SSSR count). The third-order valence-corrected chi connectivity index (χ3v) is 7.02. The molecule has 1 aromatic heterocycles. The van der Waals surface area contributed by atoms with E-state index in [0.717, 1.165) is 4.90 Å². The van der Waals surface area contributed by atoms with Crippen LogP contribution in [0.1, 0.15) is 38.6 Å². The van der Waals surface area contributed by atoms with Gasteiger partial charge in [-0.25, -0.2) is 4.39 Å². The van der Waals surface area contributed by atoms with Gasteiger partial charge in [0.15, 0.2) is 0 Å². The molecule has 2 aromatic carbocycles. The molecule has 1 aliphatic rings. The summed E-state index contributed by atoms with van der Waals surface area (Å²) in [6.07, 6.45) is -10.3. The fourth-order valence-electron chi connectivity index (χ4n) is 4.66. The molecule has 1 saturated heterocycles. The van der Waals surface area contributed by atoms with Gasteiger partial charge < -0.3 is 19.0 Å². The molecule has 0 bridgehead atoms. The van der Waals surface area contributed by atoms with Crippen LogP contribution in [0, 0.1) is 12.7 Å². The van der Waals surface area contributed by atoms with Crippen LogP contribution in [-0.2, 0) is 35.0 Å². The van der Waals surface area contributed by atoms with Gasteiger partial charge in [-0.05, 0) is 55.0 Å². The Morgan fingerprint density at radius 2 is 1.45 bits per heavy atom. The molecule has 0 radical (unpaired) electrons. The van der Waals surface area contributed by atoms with Crippen molar-refractivity contribution < 1.29 is 49.5 Å². The number of morpholine rings is 1. The normalized spacial score (nSPS) is 14.5. The van der Waals surface area contributed by atoms with E-state index in [9.17, 15) is 40.3 Å². The number of amides is 2. The molecule has 238 valence electrons. The lowest BCUT2D eigenvalue weighted by Gasteiger charge is -2.31. The van der Waals surface area contributed by atoms with Crippen LogP contribution >= 0.6 is 0 Å². The van der Waals surface area contributed by atoms with Gasteiger partial charge in [-0.2, -0.15) is 26.3 Å². The van der Waals surface area contributed by atoms with Gasteiger partial charge in [0.2, 0.25) is 5.91 Å². The lowest BCUT2D eigenvalue weighted by Crippen LogP contribution is -2.47. The highest BCUT2D eigenvalue weighted by Crippen LogP contribution is 2.36. The Labute approximate surface area is 248 Å². The number of carbonyl (C=O) groups is 2. The second kappa shape index (κ2) is 13.8. The zero-order valence-corrected chi connectivity index (χ0v) is 23.7. The summed E-state index contributed by atoms with van der Waals surface area (Å²) in [5.41, 5.74) is -3.59. The molecule has 0 spiro atoms. The molecule has 0 atom stereocenters. The van der Waals surface area contributed by atoms with Gasteiger partial charge >= 0.3 is 12.4 Å². The van der Waals surface area contributed by atoms with Gasteiger partial charge in [0, 0.05) is 38.3 Å². The summed E-state index contributed by atoms with van der Waals surface area (Å²) in [6.45, 7) is 2.79. The molecular formula is C30H30F7N3O4. The van der Waals surface area contributed by atoms with Crippen LogP contribution in [0.2, 0.25) is 0 Å². The maximum atomic E-state index is 13.7. The summed E-state index contributed by atoms with van der Waals surface area (Å²) in [4.78, 5) is 31.5. The number of benzene rings is 2. The molecule has 44 heavy (non-hydrogen) atoms. The third kappa shape index (κ3) is 9.05. The molecule has 1 aliphatic heterocycles. The smallest absolute Gasteiger partial charge is 0.416 e. The minimum atomic E-state index is -5.15. The number of aryl methyl sites for hydroxylation is 1. The van der Waals surface area contributed by atoms with Crippen LogP contribution in [0.3, 0.4) is 0 Å². The maximum absolute atomic E-state index is 13.7. The lowest BCUT2D eigenvalue weighted by atomic mass is 10.0. The van der Waals surface area contributed by atoms with E-state index in [1.807, 2.05) is 4.90 Å². The first-order chi connectivity index (χ1) is 20.7. The van der Waals surface area contributed by atoms with Crippen molar-refractivity contribution in [2.24, 2.45) is 0 Å². The summed E-state index contributed by atoms with van der Waals surface area (Å²) in [5, 5.41) is 0. The SMILES string of the molecule is Cc1ccc(CN(Cc2ccc(F)cc2)C(=O)CN(CCN2CCOCC2)C(=O)c2cc(C(F)(F)F)cc(C(F)(F)F)c2)o1. The molecule has 3 aromatic rings. The van der Waals surface area contributed by atoms with Crippen LogP contribution in [0.5, 0.6) is 0 Å². The number of hydrogen-bond donors (Lipinski definition) is 0. The van der Waals surface area contributed by atoms with E-state index < -0.39 is 53.2 Å². The van der Waals surface area contributed by atoms with Gasteiger partial charge in [-0.15, -0.1) is 0 Å². The Hall–Kier alpha value is -3.91. The Morgan fingerprint density at radius 1 is 0.841 bits per heavy atom. The van der Waals surface area contributed by atoms with Crippen molar-refractivity contribution in [2.45, 2.75) is 32.4 Å². The fraction of sp³-hybridized carbons (Fsp3) is 0.400. The Kier molecular flexibility index (Phi) is 10.4. The number of nitrogens with zero attached hydrogens (tertiary/aromatic N) is 3. The van der Waals surface area contributed by atoms with Crippen molar-refractivity contribution in [1.82, 2.24) is 14.7 Å². The van der Waals surface area contributed by atoms with E-state index >= 15 is 0 Å². The quantitative estimate of drug-likeness (QED) is 0.267. The van der Waals surface area contributed by atoms with Crippen molar-refractivity contribution in [1.29, 1.82) is 0 Å². The molecule has 7 nitrogen and oxygen atoms in total. The molecular weight excluding hydrogens is 599 g/mol. The Morgan fingerprint density at radius 3 is 2.00 bits per heavy atom. The Bertz CT molecular complexity index is 1400. The molecule has 14 heteroatoms. The largest absolute Gasteiger partial charge is 0.464 e. The lowest BCUT2D eigenvalue weighted by molar-refractivity contribution is -0.143. The van der Waals surface area contributed by atoms with Crippen LogP contribution in [0.25, 0.3) is 0 Å². The first-order valence-corrected chi connectivity index (χ1v) is 13.7. The molecule has 1 fully saturated rings. The number of carbonyl (C=O) groups excluding carboxylic acids is 2. The summed E-state index contributed by atoms with van der Waals surface area (Å²) >= 11 is 0. The van der Waals surface area contributed by atoms with Crippen molar-refractivity contribution >= 4 is 11.8 Å². The van der Waals surface area contributed by atoms with Crippen molar-refractivity contribution in [2.75, 3.05) is 45.9 Å². The standard InChI is InChI=1S/C30H30F7N3O4/c1-20-2-7-26(44-20)18-40(17-21-3-5-25(31)6-4-21)27(41)19-39(9-8-38-10-12-43-13-11-38)28(42)22-14-23(29(32,33)34)16-24(15-22)30(35,36)37/h2-7,14-16H,8-13,17-19H2,1H3. The molecule has 0 unspecified atom stereocenters. The minimum absolute atomic E-state index is 0.0356. The van der Waals surface area contributed by atoms with Crippen molar-refractivity contribution in [3.05, 3.63) is 94.2 Å². The highest BCUT2D eigenvalue weighted by molar-refractivity contribution is 5.97. The van der Waals surface area contributed by atoms with E-state index in [1.54, 1.807) is 19.1 Å². The average molecular weight is 630 g/mol. The number of halogens is 7. The number of rotatable bonds is 10. The van der Waals surface area contributed by atoms with Crippen LogP contribution in [0.15, 0.2) is 59.0 Å². The summed E-state index contributed by atoms with van der Waals surface area (Å²) in [6, 6.07) is 9.31. The van der Waals surface area contributed by atoms with E-state index in [4.69, 9.17) is 9.15 Å². The second-order valence-corrected chi connectivity index (χ2v) is 10.4. The van der Waals surface area contributed by atoms with E-state index in [-0.39, 0.29) is 32.2 Å². The fourth-order valence-corrected chi connectivity index (χ4v) is 4.66. The van der Waals surface area contributed by atoms with Gasteiger partial charge in [0.25, 0.3) is 5.91 Å². The minimum Gasteiger partial charge on any atom is -0.464 e. The monoisotopic (exact) mass is 629 g/mol. The molecule has 2 heterocycles. The number of hydrogen-bond acceptors (Lipinski definition) is 5. The Balaban J connectivity index is 1.65. The molecule has 0 N–H and O–H groups in total. The first kappa shape index (κ1) is 33.0. The molecule has 0 aliphatic carbocycles. The van der Waals surface area contributed by atoms with Crippen molar-refractivity contribution in [3.8, 4) is 0 Å². The van der Waals surface area contributed by atoms with E-state index in [0.29, 0.717) is 55.5 Å². The molecule has 0 saturated carbocycles. The summed E-state index contributed by atoms with van der Waals surface area (Å²) in [7, 11) is 0. The van der Waals surface area contributed by atoms with E-state index in [2.05, 4.69) is 0 Å².